The number of hydrogen-bond acceptors (Lipinski definition) is 9. The van der Waals surface area contributed by atoms with E-state index in [-0.39, 0.29) is 29.1 Å². The van der Waals surface area contributed by atoms with E-state index in [1.165, 1.54) is 13.2 Å². The number of methoxy groups -OCH3 is 1. The highest BCUT2D eigenvalue weighted by Crippen LogP contribution is 2.34. The van der Waals surface area contributed by atoms with Gasteiger partial charge in [-0.05, 0) is 60.1 Å². The summed E-state index contributed by atoms with van der Waals surface area (Å²) in [7, 11) is 1.44. The Labute approximate surface area is 202 Å². The summed E-state index contributed by atoms with van der Waals surface area (Å²) >= 11 is 0. The normalized spacial score (nSPS) is 26.1. The number of ether oxygens (including phenoxy) is 3. The van der Waals surface area contributed by atoms with Gasteiger partial charge in [-0.15, -0.1) is 0 Å². The van der Waals surface area contributed by atoms with Crippen molar-refractivity contribution in [1.82, 2.24) is 0 Å². The summed E-state index contributed by atoms with van der Waals surface area (Å²) in [5.41, 5.74) is 1.87. The smallest absolute Gasteiger partial charge is 0.335 e. The molecule has 0 aliphatic carbocycles. The molecule has 3 rings (SSSR count). The summed E-state index contributed by atoms with van der Waals surface area (Å²) in [6, 6.07) is 9.98. The van der Waals surface area contributed by atoms with E-state index in [0.29, 0.717) is 18.6 Å². The van der Waals surface area contributed by atoms with Crippen LogP contribution in [0.5, 0.6) is 23.0 Å². The molecule has 0 spiro atoms. The van der Waals surface area contributed by atoms with Crippen molar-refractivity contribution in [3.63, 3.8) is 0 Å². The zero-order valence-corrected chi connectivity index (χ0v) is 19.7. The van der Waals surface area contributed by atoms with Crippen molar-refractivity contribution in [1.29, 1.82) is 0 Å². The van der Waals surface area contributed by atoms with Gasteiger partial charge in [0.15, 0.2) is 29.1 Å². The number of aromatic hydroxyl groups is 2. The highest BCUT2D eigenvalue weighted by atomic mass is 16.7. The van der Waals surface area contributed by atoms with Gasteiger partial charge in [0.25, 0.3) is 0 Å². The monoisotopic (exact) mass is 492 g/mol. The van der Waals surface area contributed by atoms with Crippen LogP contribution in [0.1, 0.15) is 25.0 Å². The van der Waals surface area contributed by atoms with Crippen molar-refractivity contribution in [3.8, 4) is 23.0 Å². The summed E-state index contributed by atoms with van der Waals surface area (Å²) in [5, 5.41) is 58.4. The molecule has 0 unspecified atom stereocenters. The Hall–Kier alpha value is -3.05. The van der Waals surface area contributed by atoms with Crippen molar-refractivity contribution in [2.24, 2.45) is 11.8 Å². The van der Waals surface area contributed by atoms with Gasteiger partial charge in [-0.3, -0.25) is 0 Å². The van der Waals surface area contributed by atoms with Gasteiger partial charge in [0.05, 0.1) is 7.11 Å². The number of carboxylic acids is 1. The number of hydrogen-bond donors (Lipinski definition) is 6. The van der Waals surface area contributed by atoms with E-state index in [0.717, 1.165) is 11.1 Å². The van der Waals surface area contributed by atoms with Gasteiger partial charge < -0.3 is 44.8 Å². The molecule has 192 valence electrons. The molecule has 10 heteroatoms. The van der Waals surface area contributed by atoms with E-state index in [9.17, 15) is 35.4 Å². The predicted octanol–water partition coefficient (Wildman–Crippen LogP) is 1.43. The second kappa shape index (κ2) is 11.1. The number of aliphatic carboxylic acids is 1. The molecule has 6 N–H and O–H groups in total. The Morgan fingerprint density at radius 3 is 2.06 bits per heavy atom. The highest BCUT2D eigenvalue weighted by molar-refractivity contribution is 5.73. The average molecular weight is 493 g/mol. The minimum absolute atomic E-state index is 0.147. The first-order valence-electron chi connectivity index (χ1n) is 11.3. The van der Waals surface area contributed by atoms with Gasteiger partial charge in [0.1, 0.15) is 18.3 Å². The van der Waals surface area contributed by atoms with Crippen molar-refractivity contribution >= 4 is 5.97 Å². The van der Waals surface area contributed by atoms with Gasteiger partial charge >= 0.3 is 5.97 Å². The predicted molar refractivity (Wildman–Crippen MR) is 123 cm³/mol. The van der Waals surface area contributed by atoms with Crippen LogP contribution in [0.2, 0.25) is 0 Å². The highest BCUT2D eigenvalue weighted by Gasteiger charge is 2.48. The Morgan fingerprint density at radius 2 is 1.49 bits per heavy atom. The van der Waals surface area contributed by atoms with Crippen molar-refractivity contribution in [2.75, 3.05) is 7.11 Å². The molecule has 0 saturated carbocycles. The molecular formula is C25H32O10. The zero-order chi connectivity index (χ0) is 25.9. The van der Waals surface area contributed by atoms with Crippen molar-refractivity contribution < 1.29 is 49.6 Å². The van der Waals surface area contributed by atoms with Crippen LogP contribution in [0.3, 0.4) is 0 Å². The lowest BCUT2D eigenvalue weighted by atomic mass is 9.85. The number of carboxylic acid groups (broad SMARTS) is 1. The lowest BCUT2D eigenvalue weighted by Gasteiger charge is -2.38. The van der Waals surface area contributed by atoms with Crippen molar-refractivity contribution in [3.05, 3.63) is 47.5 Å². The molecule has 1 heterocycles. The average Bonchev–Trinajstić information content (AvgIpc) is 2.82. The van der Waals surface area contributed by atoms with Crippen LogP contribution >= 0.6 is 0 Å². The summed E-state index contributed by atoms with van der Waals surface area (Å²) in [4.78, 5) is 11.3. The zero-order valence-electron chi connectivity index (χ0n) is 19.7. The van der Waals surface area contributed by atoms with E-state index >= 15 is 0 Å². The standard InChI is InChI=1S/C25H32O10/c1-12(8-14-4-6-16(26)17(27)10-14)13(2)9-15-5-7-18(19(11-15)33-3)34-25-22(30)20(28)21(29)23(35-25)24(31)32/h4-7,10-13,20-23,25-30H,8-9H2,1-3H3,(H,31,32)/t12-,13+,20+,21+,22-,23+,25-/m1/s1. The molecular weight excluding hydrogens is 460 g/mol. The molecule has 0 amide bonds. The third kappa shape index (κ3) is 6.15. The summed E-state index contributed by atoms with van der Waals surface area (Å²) in [5.74, 6) is -0.788. The first-order valence-corrected chi connectivity index (χ1v) is 11.3. The molecule has 1 fully saturated rings. The van der Waals surface area contributed by atoms with E-state index in [1.54, 1.807) is 24.3 Å². The van der Waals surface area contributed by atoms with Crippen LogP contribution in [0.25, 0.3) is 0 Å². The Balaban J connectivity index is 1.68. The number of benzene rings is 2. The van der Waals surface area contributed by atoms with E-state index in [1.807, 2.05) is 6.07 Å². The van der Waals surface area contributed by atoms with Gasteiger partial charge in [-0.25, -0.2) is 4.79 Å². The van der Waals surface area contributed by atoms with Gasteiger partial charge in [0.2, 0.25) is 6.29 Å². The maximum atomic E-state index is 11.3. The molecule has 7 atom stereocenters. The topological polar surface area (TPSA) is 166 Å². The summed E-state index contributed by atoms with van der Waals surface area (Å²) in [6.45, 7) is 4.20. The fraction of sp³-hybridized carbons (Fsp3) is 0.480. The van der Waals surface area contributed by atoms with Crippen LogP contribution < -0.4 is 9.47 Å². The first-order chi connectivity index (χ1) is 16.5. The number of aliphatic hydroxyl groups is 3. The molecule has 10 nitrogen and oxygen atoms in total. The van der Waals surface area contributed by atoms with Gasteiger partial charge in [-0.2, -0.15) is 0 Å². The van der Waals surface area contributed by atoms with E-state index in [2.05, 4.69) is 13.8 Å². The van der Waals surface area contributed by atoms with Crippen LogP contribution in [-0.2, 0) is 22.4 Å². The minimum Gasteiger partial charge on any atom is -0.504 e. The van der Waals surface area contributed by atoms with Crippen LogP contribution in [0.15, 0.2) is 36.4 Å². The maximum absolute atomic E-state index is 11.3. The fourth-order valence-electron chi connectivity index (χ4n) is 4.05. The molecule has 2 aromatic carbocycles. The molecule has 0 radical (unpaired) electrons. The third-order valence-corrected chi connectivity index (χ3v) is 6.41. The van der Waals surface area contributed by atoms with Crippen LogP contribution in [0.4, 0.5) is 0 Å². The number of phenolic OH excluding ortho intramolecular Hbond substituents is 2. The number of phenols is 2. The fourth-order valence-corrected chi connectivity index (χ4v) is 4.05. The molecule has 1 saturated heterocycles. The lowest BCUT2D eigenvalue weighted by Crippen LogP contribution is -2.61. The first kappa shape index (κ1) is 26.6. The molecule has 1 aliphatic heterocycles. The Morgan fingerprint density at radius 1 is 0.886 bits per heavy atom. The van der Waals surface area contributed by atoms with Gasteiger partial charge in [-0.1, -0.05) is 26.0 Å². The number of aliphatic hydroxyl groups excluding tert-OH is 3. The molecule has 0 bridgehead atoms. The number of carbonyl (C=O) groups is 1. The van der Waals surface area contributed by atoms with E-state index in [4.69, 9.17) is 14.2 Å². The molecule has 1 aliphatic rings. The third-order valence-electron chi connectivity index (χ3n) is 6.41. The number of rotatable bonds is 9. The SMILES string of the molecule is COc1cc(C[C@H](C)[C@H](C)Cc2ccc(O)c(O)c2)ccc1O[C@@H]1O[C@H](C(=O)O)[C@@H](O)[C@H](O)[C@H]1O. The molecule has 0 aromatic heterocycles. The van der Waals surface area contributed by atoms with Crippen molar-refractivity contribution in [2.45, 2.75) is 57.4 Å². The summed E-state index contributed by atoms with van der Waals surface area (Å²) in [6.07, 6.45) is -7.13. The Kier molecular flexibility index (Phi) is 8.44. The van der Waals surface area contributed by atoms with Gasteiger partial charge in [0, 0.05) is 0 Å². The van der Waals surface area contributed by atoms with Crippen LogP contribution in [0, 0.1) is 11.8 Å². The van der Waals surface area contributed by atoms with Crippen LogP contribution in [-0.4, -0.2) is 74.4 Å². The summed E-state index contributed by atoms with van der Waals surface area (Å²) < 4.78 is 16.2. The largest absolute Gasteiger partial charge is 0.504 e. The lowest BCUT2D eigenvalue weighted by molar-refractivity contribution is -0.271. The Bertz CT molecular complexity index is 1030. The second-order valence-corrected chi connectivity index (χ2v) is 9.02. The molecule has 2 aromatic rings. The maximum Gasteiger partial charge on any atom is 0.335 e. The quantitative estimate of drug-likeness (QED) is 0.282. The minimum atomic E-state index is -1.80. The molecule has 35 heavy (non-hydrogen) atoms. The van der Waals surface area contributed by atoms with E-state index < -0.39 is 36.7 Å². The second-order valence-electron chi connectivity index (χ2n) is 9.02.